The molecule has 1 aliphatic rings. The number of para-hydroxylation sites is 1. The van der Waals surface area contributed by atoms with Gasteiger partial charge >= 0.3 is 5.97 Å². The molecule has 3 nitrogen and oxygen atoms in total. The molecule has 0 aromatic heterocycles. The number of benzene rings is 1. The minimum absolute atomic E-state index is 0.0406. The number of rotatable bonds is 4. The first-order valence-corrected chi connectivity index (χ1v) is 7.67. The number of anilines is 1. The van der Waals surface area contributed by atoms with Crippen molar-refractivity contribution in [1.82, 2.24) is 0 Å². The van der Waals surface area contributed by atoms with Crippen molar-refractivity contribution in [3.63, 3.8) is 0 Å². The van der Waals surface area contributed by atoms with Gasteiger partial charge in [0, 0.05) is 16.2 Å². The van der Waals surface area contributed by atoms with Crippen LogP contribution in [0.1, 0.15) is 32.6 Å². The van der Waals surface area contributed by atoms with Gasteiger partial charge in [-0.05, 0) is 54.2 Å². The first kappa shape index (κ1) is 14.4. The summed E-state index contributed by atoms with van der Waals surface area (Å²) >= 11 is 3.54. The van der Waals surface area contributed by atoms with Crippen molar-refractivity contribution in [3.05, 3.63) is 28.7 Å². The predicted octanol–water partition coefficient (Wildman–Crippen LogP) is 3.98. The minimum Gasteiger partial charge on any atom is -0.466 e. The Morgan fingerprint density at radius 1 is 1.42 bits per heavy atom. The van der Waals surface area contributed by atoms with Gasteiger partial charge in [0.2, 0.25) is 0 Å². The Labute approximate surface area is 122 Å². The molecule has 1 aliphatic carbocycles. The van der Waals surface area contributed by atoms with E-state index in [-0.39, 0.29) is 11.9 Å². The fraction of sp³-hybridized carbons (Fsp3) is 0.533. The Kier molecular flexibility index (Phi) is 5.25. The Balaban J connectivity index is 1.94. The molecule has 0 spiro atoms. The molecule has 0 heterocycles. The summed E-state index contributed by atoms with van der Waals surface area (Å²) in [5.41, 5.74) is 1.09. The van der Waals surface area contributed by atoms with Crippen molar-refractivity contribution in [2.75, 3.05) is 11.9 Å². The van der Waals surface area contributed by atoms with Crippen LogP contribution in [0.3, 0.4) is 0 Å². The summed E-state index contributed by atoms with van der Waals surface area (Å²) in [6.45, 7) is 2.33. The maximum atomic E-state index is 11.8. The molecule has 2 rings (SSSR count). The van der Waals surface area contributed by atoms with E-state index >= 15 is 0 Å². The lowest BCUT2D eigenvalue weighted by molar-refractivity contribution is -0.149. The van der Waals surface area contributed by atoms with Crippen LogP contribution < -0.4 is 5.32 Å². The SMILES string of the molecule is CCOC(=O)C1CCCC(Nc2ccccc2Br)C1. The summed E-state index contributed by atoms with van der Waals surface area (Å²) in [4.78, 5) is 11.8. The largest absolute Gasteiger partial charge is 0.466 e. The van der Waals surface area contributed by atoms with Gasteiger partial charge in [-0.1, -0.05) is 18.6 Å². The lowest BCUT2D eigenvalue weighted by atomic mass is 9.85. The molecule has 104 valence electrons. The highest BCUT2D eigenvalue weighted by atomic mass is 79.9. The molecule has 2 atom stereocenters. The number of carbonyl (C=O) groups is 1. The number of hydrogen-bond acceptors (Lipinski definition) is 3. The van der Waals surface area contributed by atoms with E-state index in [2.05, 4.69) is 27.3 Å². The molecule has 2 unspecified atom stereocenters. The quantitative estimate of drug-likeness (QED) is 0.851. The highest BCUT2D eigenvalue weighted by Crippen LogP contribution is 2.30. The van der Waals surface area contributed by atoms with Gasteiger partial charge in [0.05, 0.1) is 12.5 Å². The third-order valence-corrected chi connectivity index (χ3v) is 4.22. The average Bonchev–Trinajstić information content (AvgIpc) is 2.42. The molecule has 0 saturated heterocycles. The second-order valence-electron chi connectivity index (χ2n) is 4.94. The smallest absolute Gasteiger partial charge is 0.308 e. The van der Waals surface area contributed by atoms with E-state index in [9.17, 15) is 4.79 Å². The topological polar surface area (TPSA) is 38.3 Å². The van der Waals surface area contributed by atoms with Crippen LogP contribution in [-0.2, 0) is 9.53 Å². The van der Waals surface area contributed by atoms with Crippen LogP contribution in [0.5, 0.6) is 0 Å². The van der Waals surface area contributed by atoms with Crippen LogP contribution in [0.15, 0.2) is 28.7 Å². The van der Waals surface area contributed by atoms with Gasteiger partial charge in [-0.15, -0.1) is 0 Å². The van der Waals surface area contributed by atoms with Gasteiger partial charge in [-0.2, -0.15) is 0 Å². The summed E-state index contributed by atoms with van der Waals surface area (Å²) in [6.07, 6.45) is 4.00. The molecule has 1 saturated carbocycles. The first-order chi connectivity index (χ1) is 9.20. The molecule has 1 fully saturated rings. The number of ether oxygens (including phenoxy) is 1. The number of hydrogen-bond donors (Lipinski definition) is 1. The van der Waals surface area contributed by atoms with Crippen LogP contribution in [-0.4, -0.2) is 18.6 Å². The molecule has 0 amide bonds. The molecule has 0 aliphatic heterocycles. The molecule has 4 heteroatoms. The molecule has 1 N–H and O–H groups in total. The zero-order valence-electron chi connectivity index (χ0n) is 11.2. The van der Waals surface area contributed by atoms with E-state index in [1.165, 1.54) is 0 Å². The zero-order chi connectivity index (χ0) is 13.7. The fourth-order valence-electron chi connectivity index (χ4n) is 2.59. The lowest BCUT2D eigenvalue weighted by Gasteiger charge is -2.29. The summed E-state index contributed by atoms with van der Waals surface area (Å²) in [6, 6.07) is 8.43. The van der Waals surface area contributed by atoms with Crippen molar-refractivity contribution in [2.24, 2.45) is 5.92 Å². The average molecular weight is 326 g/mol. The summed E-state index contributed by atoms with van der Waals surface area (Å²) in [5.74, 6) is 0.00909. The summed E-state index contributed by atoms with van der Waals surface area (Å²) in [5, 5.41) is 3.52. The van der Waals surface area contributed by atoms with Crippen LogP contribution in [0, 0.1) is 5.92 Å². The van der Waals surface area contributed by atoms with E-state index in [1.807, 2.05) is 25.1 Å². The van der Waals surface area contributed by atoms with Gasteiger partial charge in [0.1, 0.15) is 0 Å². The van der Waals surface area contributed by atoms with Crippen molar-refractivity contribution >= 4 is 27.6 Å². The number of carbonyl (C=O) groups excluding carboxylic acids is 1. The van der Waals surface area contributed by atoms with Crippen molar-refractivity contribution in [1.29, 1.82) is 0 Å². The monoisotopic (exact) mass is 325 g/mol. The Hall–Kier alpha value is -1.03. The van der Waals surface area contributed by atoms with Crippen LogP contribution in [0.25, 0.3) is 0 Å². The zero-order valence-corrected chi connectivity index (χ0v) is 12.8. The van der Waals surface area contributed by atoms with Crippen LogP contribution in [0.4, 0.5) is 5.69 Å². The second kappa shape index (κ2) is 6.94. The molecule has 1 aromatic rings. The Morgan fingerprint density at radius 2 is 2.21 bits per heavy atom. The van der Waals surface area contributed by atoms with Gasteiger partial charge in [-0.25, -0.2) is 0 Å². The first-order valence-electron chi connectivity index (χ1n) is 6.88. The van der Waals surface area contributed by atoms with Gasteiger partial charge in [0.25, 0.3) is 0 Å². The Morgan fingerprint density at radius 3 is 2.95 bits per heavy atom. The number of nitrogens with one attached hydrogen (secondary N) is 1. The number of esters is 1. The highest BCUT2D eigenvalue weighted by Gasteiger charge is 2.28. The standard InChI is InChI=1S/C15H20BrNO2/c1-2-19-15(18)11-6-5-7-12(10-11)17-14-9-4-3-8-13(14)16/h3-4,8-9,11-12,17H,2,5-7,10H2,1H3. The predicted molar refractivity (Wildman–Crippen MR) is 80.1 cm³/mol. The second-order valence-corrected chi connectivity index (χ2v) is 5.79. The van der Waals surface area contributed by atoms with Gasteiger partial charge in [-0.3, -0.25) is 4.79 Å². The van der Waals surface area contributed by atoms with Gasteiger partial charge < -0.3 is 10.1 Å². The molecule has 0 radical (unpaired) electrons. The van der Waals surface area contributed by atoms with E-state index < -0.39 is 0 Å². The van der Waals surface area contributed by atoms with Crippen LogP contribution in [0.2, 0.25) is 0 Å². The Bertz CT molecular complexity index is 436. The minimum atomic E-state index is -0.0406. The van der Waals surface area contributed by atoms with Crippen LogP contribution >= 0.6 is 15.9 Å². The molecular weight excluding hydrogens is 306 g/mol. The molecule has 1 aromatic carbocycles. The van der Waals surface area contributed by atoms with Gasteiger partial charge in [0.15, 0.2) is 0 Å². The van der Waals surface area contributed by atoms with E-state index in [0.717, 1.165) is 35.8 Å². The van der Waals surface area contributed by atoms with Crippen molar-refractivity contribution in [3.8, 4) is 0 Å². The normalized spacial score (nSPS) is 22.8. The maximum Gasteiger partial charge on any atom is 0.308 e. The third kappa shape index (κ3) is 3.96. The lowest BCUT2D eigenvalue weighted by Crippen LogP contribution is -2.32. The number of halogens is 1. The van der Waals surface area contributed by atoms with Crippen molar-refractivity contribution < 1.29 is 9.53 Å². The maximum absolute atomic E-state index is 11.8. The highest BCUT2D eigenvalue weighted by molar-refractivity contribution is 9.10. The van der Waals surface area contributed by atoms with E-state index in [4.69, 9.17) is 4.74 Å². The molecular formula is C15H20BrNO2. The van der Waals surface area contributed by atoms with Crippen molar-refractivity contribution in [2.45, 2.75) is 38.6 Å². The van der Waals surface area contributed by atoms with E-state index in [1.54, 1.807) is 0 Å². The third-order valence-electron chi connectivity index (χ3n) is 3.53. The molecule has 0 bridgehead atoms. The molecule has 19 heavy (non-hydrogen) atoms. The fourth-order valence-corrected chi connectivity index (χ4v) is 2.99. The summed E-state index contributed by atoms with van der Waals surface area (Å²) < 4.78 is 6.19. The summed E-state index contributed by atoms with van der Waals surface area (Å²) in [7, 11) is 0. The van der Waals surface area contributed by atoms with E-state index in [0.29, 0.717) is 12.6 Å².